The predicted octanol–water partition coefficient (Wildman–Crippen LogP) is 3.46. The molecule has 3 rings (SSSR count). The lowest BCUT2D eigenvalue weighted by Gasteiger charge is -2.27. The van der Waals surface area contributed by atoms with E-state index in [-0.39, 0.29) is 17.9 Å². The predicted molar refractivity (Wildman–Crippen MR) is 105 cm³/mol. The highest BCUT2D eigenvalue weighted by Crippen LogP contribution is 2.22. The number of aromatic nitrogens is 1. The zero-order valence-electron chi connectivity index (χ0n) is 15.2. The van der Waals surface area contributed by atoms with Crippen molar-refractivity contribution >= 4 is 16.8 Å². The average molecular weight is 350 g/mol. The third kappa shape index (κ3) is 4.52. The lowest BCUT2D eigenvalue weighted by molar-refractivity contribution is -0.121. The average Bonchev–Trinajstić information content (AvgIpc) is 3.09. The number of benzene rings is 2. The van der Waals surface area contributed by atoms with Gasteiger partial charge >= 0.3 is 0 Å². The van der Waals surface area contributed by atoms with E-state index in [4.69, 9.17) is 0 Å². The van der Waals surface area contributed by atoms with Gasteiger partial charge in [0.15, 0.2) is 0 Å². The summed E-state index contributed by atoms with van der Waals surface area (Å²) in [5.41, 5.74) is 3.05. The van der Waals surface area contributed by atoms with Crippen LogP contribution in [0.25, 0.3) is 10.9 Å². The van der Waals surface area contributed by atoms with Crippen LogP contribution >= 0.6 is 0 Å². The number of amides is 1. The molecular formula is C22H26N2O2. The number of aromatic amines is 1. The van der Waals surface area contributed by atoms with E-state index in [1.54, 1.807) is 0 Å². The monoisotopic (exact) mass is 350 g/mol. The SMILES string of the molecule is C[C@](CO)(CNC(=O)CCc1c[nH]c2ccccc12)Cc1ccccc1. The molecule has 1 aromatic heterocycles. The van der Waals surface area contributed by atoms with E-state index in [1.807, 2.05) is 61.7 Å². The maximum absolute atomic E-state index is 12.3. The summed E-state index contributed by atoms with van der Waals surface area (Å²) in [6.07, 6.45) is 3.84. The first-order valence-electron chi connectivity index (χ1n) is 9.06. The number of H-pyrrole nitrogens is 1. The van der Waals surface area contributed by atoms with Crippen LogP contribution < -0.4 is 5.32 Å². The van der Waals surface area contributed by atoms with Gasteiger partial charge in [-0.3, -0.25) is 4.79 Å². The maximum atomic E-state index is 12.3. The Balaban J connectivity index is 1.52. The third-order valence-electron chi connectivity index (χ3n) is 4.86. The van der Waals surface area contributed by atoms with Crippen LogP contribution in [0.3, 0.4) is 0 Å². The number of carbonyl (C=O) groups excluding carboxylic acids is 1. The summed E-state index contributed by atoms with van der Waals surface area (Å²) in [6, 6.07) is 18.2. The number of hydrogen-bond acceptors (Lipinski definition) is 2. The van der Waals surface area contributed by atoms with Crippen molar-refractivity contribution in [3.63, 3.8) is 0 Å². The van der Waals surface area contributed by atoms with Crippen LogP contribution in [-0.4, -0.2) is 29.1 Å². The van der Waals surface area contributed by atoms with Gasteiger partial charge in [-0.1, -0.05) is 55.5 Å². The van der Waals surface area contributed by atoms with Crippen LogP contribution in [0.4, 0.5) is 0 Å². The van der Waals surface area contributed by atoms with Gasteiger partial charge in [0.2, 0.25) is 5.91 Å². The summed E-state index contributed by atoms with van der Waals surface area (Å²) in [6.45, 7) is 2.50. The zero-order chi connectivity index (χ0) is 18.4. The smallest absolute Gasteiger partial charge is 0.220 e. The number of aliphatic hydroxyl groups excluding tert-OH is 1. The number of hydrogen-bond donors (Lipinski definition) is 3. The van der Waals surface area contributed by atoms with Crippen molar-refractivity contribution in [2.24, 2.45) is 5.41 Å². The molecule has 3 N–H and O–H groups in total. The van der Waals surface area contributed by atoms with Gasteiger partial charge in [-0.15, -0.1) is 0 Å². The van der Waals surface area contributed by atoms with Gasteiger partial charge in [-0.05, 0) is 30.0 Å². The molecule has 26 heavy (non-hydrogen) atoms. The van der Waals surface area contributed by atoms with Crippen LogP contribution in [0.2, 0.25) is 0 Å². The van der Waals surface area contributed by atoms with Gasteiger partial charge in [0.25, 0.3) is 0 Å². The summed E-state index contributed by atoms with van der Waals surface area (Å²) in [5, 5.41) is 14.0. The third-order valence-corrected chi connectivity index (χ3v) is 4.86. The molecule has 0 aliphatic carbocycles. The van der Waals surface area contributed by atoms with E-state index in [0.717, 1.165) is 23.1 Å². The normalized spacial score (nSPS) is 13.5. The Morgan fingerprint density at radius 3 is 2.62 bits per heavy atom. The second-order valence-corrected chi connectivity index (χ2v) is 7.27. The number of aliphatic hydroxyl groups is 1. The molecule has 0 spiro atoms. The molecule has 136 valence electrons. The van der Waals surface area contributed by atoms with Crippen molar-refractivity contribution in [3.05, 3.63) is 71.9 Å². The molecule has 0 unspecified atom stereocenters. The van der Waals surface area contributed by atoms with Crippen LogP contribution in [0.15, 0.2) is 60.8 Å². The molecule has 0 aliphatic heterocycles. The molecular weight excluding hydrogens is 324 g/mol. The summed E-state index contributed by atoms with van der Waals surface area (Å²) in [5.74, 6) is 0.0167. The quantitative estimate of drug-likeness (QED) is 0.582. The van der Waals surface area contributed by atoms with Crippen LogP contribution in [-0.2, 0) is 17.6 Å². The second kappa shape index (κ2) is 8.19. The Morgan fingerprint density at radius 1 is 1.12 bits per heavy atom. The van der Waals surface area contributed by atoms with Crippen molar-refractivity contribution in [1.82, 2.24) is 10.3 Å². The lowest BCUT2D eigenvalue weighted by atomic mass is 9.84. The van der Waals surface area contributed by atoms with E-state index < -0.39 is 0 Å². The van der Waals surface area contributed by atoms with Gasteiger partial charge in [-0.25, -0.2) is 0 Å². The molecule has 4 nitrogen and oxygen atoms in total. The number of rotatable bonds is 8. The van der Waals surface area contributed by atoms with Crippen molar-refractivity contribution in [2.75, 3.05) is 13.2 Å². The van der Waals surface area contributed by atoms with Crippen molar-refractivity contribution in [3.8, 4) is 0 Å². The summed E-state index contributed by atoms with van der Waals surface area (Å²) in [7, 11) is 0. The van der Waals surface area contributed by atoms with Gasteiger partial charge in [-0.2, -0.15) is 0 Å². The van der Waals surface area contributed by atoms with E-state index in [0.29, 0.717) is 19.4 Å². The molecule has 0 saturated heterocycles. The fourth-order valence-electron chi connectivity index (χ4n) is 3.25. The first kappa shape index (κ1) is 18.2. The largest absolute Gasteiger partial charge is 0.396 e. The van der Waals surface area contributed by atoms with Gasteiger partial charge in [0, 0.05) is 35.5 Å². The number of fused-ring (bicyclic) bond motifs is 1. The molecule has 3 aromatic rings. The van der Waals surface area contributed by atoms with E-state index in [2.05, 4.69) is 16.4 Å². The molecule has 1 atom stereocenters. The minimum absolute atomic E-state index is 0.0167. The lowest BCUT2D eigenvalue weighted by Crippen LogP contribution is -2.39. The highest BCUT2D eigenvalue weighted by molar-refractivity contribution is 5.84. The maximum Gasteiger partial charge on any atom is 0.220 e. The Bertz CT molecular complexity index is 857. The Labute approximate surface area is 154 Å². The summed E-state index contributed by atoms with van der Waals surface area (Å²) in [4.78, 5) is 15.5. The molecule has 1 amide bonds. The number of aryl methyl sites for hydroxylation is 1. The number of nitrogens with one attached hydrogen (secondary N) is 2. The molecule has 0 fully saturated rings. The zero-order valence-corrected chi connectivity index (χ0v) is 15.2. The summed E-state index contributed by atoms with van der Waals surface area (Å²) < 4.78 is 0. The van der Waals surface area contributed by atoms with Gasteiger partial charge < -0.3 is 15.4 Å². The number of carbonyl (C=O) groups is 1. The molecule has 4 heteroatoms. The number of para-hydroxylation sites is 1. The highest BCUT2D eigenvalue weighted by Gasteiger charge is 2.24. The Hall–Kier alpha value is -2.59. The molecule has 0 radical (unpaired) electrons. The van der Waals surface area contributed by atoms with E-state index in [1.165, 1.54) is 5.39 Å². The first-order valence-corrected chi connectivity index (χ1v) is 9.06. The van der Waals surface area contributed by atoms with Crippen molar-refractivity contribution < 1.29 is 9.90 Å². The van der Waals surface area contributed by atoms with Crippen LogP contribution in [0.5, 0.6) is 0 Å². The standard InChI is InChI=1S/C22H26N2O2/c1-22(16-25,13-17-7-3-2-4-8-17)15-24-21(26)12-11-18-14-23-20-10-6-5-9-19(18)20/h2-10,14,23,25H,11-13,15-16H2,1H3,(H,24,26)/t22-/m1/s1. The Morgan fingerprint density at radius 2 is 1.85 bits per heavy atom. The topological polar surface area (TPSA) is 65.1 Å². The molecule has 0 aliphatic rings. The van der Waals surface area contributed by atoms with E-state index in [9.17, 15) is 9.90 Å². The van der Waals surface area contributed by atoms with Crippen LogP contribution in [0.1, 0.15) is 24.5 Å². The van der Waals surface area contributed by atoms with Crippen LogP contribution in [0, 0.1) is 5.41 Å². The van der Waals surface area contributed by atoms with Crippen molar-refractivity contribution in [1.29, 1.82) is 0 Å². The highest BCUT2D eigenvalue weighted by atomic mass is 16.3. The minimum atomic E-state index is -0.363. The molecule has 2 aromatic carbocycles. The van der Waals surface area contributed by atoms with Crippen molar-refractivity contribution in [2.45, 2.75) is 26.2 Å². The molecule has 1 heterocycles. The van der Waals surface area contributed by atoms with E-state index >= 15 is 0 Å². The fraction of sp³-hybridized carbons (Fsp3) is 0.318. The minimum Gasteiger partial charge on any atom is -0.396 e. The van der Waals surface area contributed by atoms with Gasteiger partial charge in [0.05, 0.1) is 6.61 Å². The second-order valence-electron chi connectivity index (χ2n) is 7.27. The van der Waals surface area contributed by atoms with Gasteiger partial charge in [0.1, 0.15) is 0 Å². The molecule has 0 bridgehead atoms. The molecule has 0 saturated carbocycles. The Kier molecular flexibility index (Phi) is 5.74. The summed E-state index contributed by atoms with van der Waals surface area (Å²) >= 11 is 0. The fourth-order valence-corrected chi connectivity index (χ4v) is 3.25. The first-order chi connectivity index (χ1) is 12.6.